The molecule has 1 nitrogen and oxygen atoms in total. The molecule has 1 N–H and O–H groups in total. The minimum atomic E-state index is 0.783. The summed E-state index contributed by atoms with van der Waals surface area (Å²) in [5.41, 5.74) is 4.32. The van der Waals surface area contributed by atoms with Gasteiger partial charge in [0.1, 0.15) is 0 Å². The molecule has 0 saturated heterocycles. The van der Waals surface area contributed by atoms with Crippen molar-refractivity contribution in [2.45, 2.75) is 65.3 Å². The van der Waals surface area contributed by atoms with Gasteiger partial charge in [-0.2, -0.15) is 0 Å². The van der Waals surface area contributed by atoms with Crippen LogP contribution in [0.1, 0.15) is 55.7 Å². The number of aryl methyl sites for hydroxylation is 3. The molecular weight excluding hydrogens is 230 g/mol. The van der Waals surface area contributed by atoms with Crippen LogP contribution in [0.5, 0.6) is 0 Å². The van der Waals surface area contributed by atoms with Crippen molar-refractivity contribution in [3.63, 3.8) is 0 Å². The average molecular weight is 259 g/mol. The Labute approximate surface area is 118 Å². The van der Waals surface area contributed by atoms with E-state index in [1.165, 1.54) is 61.8 Å². The van der Waals surface area contributed by atoms with Crippen molar-refractivity contribution < 1.29 is 0 Å². The first-order chi connectivity index (χ1) is 9.19. The first kappa shape index (κ1) is 14.6. The lowest BCUT2D eigenvalue weighted by Crippen LogP contribution is -2.31. The molecule has 1 aliphatic rings. The SMILES string of the molecule is CCCNC(CCCc1cc(C)cc(C)c1)C1CC1. The highest BCUT2D eigenvalue weighted by atomic mass is 14.9. The molecule has 1 aromatic carbocycles. The number of rotatable bonds is 8. The predicted molar refractivity (Wildman–Crippen MR) is 83.7 cm³/mol. The van der Waals surface area contributed by atoms with E-state index in [0.717, 1.165) is 12.0 Å². The molecule has 0 amide bonds. The molecule has 1 atom stereocenters. The minimum Gasteiger partial charge on any atom is -0.314 e. The predicted octanol–water partition coefficient (Wildman–Crippen LogP) is 4.40. The molecule has 1 fully saturated rings. The van der Waals surface area contributed by atoms with Crippen LogP contribution in [0.25, 0.3) is 0 Å². The lowest BCUT2D eigenvalue weighted by atomic mass is 9.99. The van der Waals surface area contributed by atoms with Crippen LogP contribution in [0.4, 0.5) is 0 Å². The Kier molecular flexibility index (Phi) is 5.45. The van der Waals surface area contributed by atoms with E-state index in [-0.39, 0.29) is 0 Å². The summed E-state index contributed by atoms with van der Waals surface area (Å²) in [7, 11) is 0. The lowest BCUT2D eigenvalue weighted by molar-refractivity contribution is 0.425. The molecule has 0 aliphatic heterocycles. The molecule has 0 aromatic heterocycles. The van der Waals surface area contributed by atoms with Gasteiger partial charge in [-0.1, -0.05) is 36.2 Å². The highest BCUT2D eigenvalue weighted by Gasteiger charge is 2.29. The van der Waals surface area contributed by atoms with Crippen molar-refractivity contribution in [2.75, 3.05) is 6.54 Å². The standard InChI is InChI=1S/C18H29N/c1-4-10-19-18(17-8-9-17)7-5-6-16-12-14(2)11-15(3)13-16/h11-13,17-19H,4-10H2,1-3H3. The van der Waals surface area contributed by atoms with Crippen LogP contribution in [-0.4, -0.2) is 12.6 Å². The maximum absolute atomic E-state index is 3.74. The van der Waals surface area contributed by atoms with Crippen LogP contribution in [0.3, 0.4) is 0 Å². The number of nitrogens with one attached hydrogen (secondary N) is 1. The third-order valence-electron chi connectivity index (χ3n) is 4.11. The zero-order valence-electron chi connectivity index (χ0n) is 12.8. The highest BCUT2D eigenvalue weighted by molar-refractivity contribution is 5.28. The van der Waals surface area contributed by atoms with Gasteiger partial charge >= 0.3 is 0 Å². The number of benzene rings is 1. The van der Waals surface area contributed by atoms with Crippen molar-refractivity contribution in [2.24, 2.45) is 5.92 Å². The van der Waals surface area contributed by atoms with Crippen molar-refractivity contribution >= 4 is 0 Å². The summed E-state index contributed by atoms with van der Waals surface area (Å²) in [6.45, 7) is 7.84. The summed E-state index contributed by atoms with van der Waals surface area (Å²) in [6.07, 6.45) is 8.05. The summed E-state index contributed by atoms with van der Waals surface area (Å²) in [5.74, 6) is 0.978. The van der Waals surface area contributed by atoms with Gasteiger partial charge in [-0.15, -0.1) is 0 Å². The second-order valence-corrected chi connectivity index (χ2v) is 6.29. The smallest absolute Gasteiger partial charge is 0.00954 e. The van der Waals surface area contributed by atoms with E-state index in [0.29, 0.717) is 0 Å². The molecule has 1 unspecified atom stereocenters. The van der Waals surface area contributed by atoms with E-state index in [4.69, 9.17) is 0 Å². The molecule has 0 bridgehead atoms. The van der Waals surface area contributed by atoms with Gasteiger partial charge in [0, 0.05) is 6.04 Å². The first-order valence-corrected chi connectivity index (χ1v) is 7.99. The minimum absolute atomic E-state index is 0.783. The summed E-state index contributed by atoms with van der Waals surface area (Å²) in [5, 5.41) is 3.74. The van der Waals surface area contributed by atoms with E-state index >= 15 is 0 Å². The van der Waals surface area contributed by atoms with E-state index in [9.17, 15) is 0 Å². The summed E-state index contributed by atoms with van der Waals surface area (Å²) in [4.78, 5) is 0. The number of hydrogen-bond donors (Lipinski definition) is 1. The van der Waals surface area contributed by atoms with Gasteiger partial charge in [-0.05, 0) is 70.4 Å². The van der Waals surface area contributed by atoms with Crippen LogP contribution in [0.15, 0.2) is 18.2 Å². The molecule has 19 heavy (non-hydrogen) atoms. The van der Waals surface area contributed by atoms with Crippen LogP contribution in [0, 0.1) is 19.8 Å². The van der Waals surface area contributed by atoms with Gasteiger partial charge in [0.2, 0.25) is 0 Å². The van der Waals surface area contributed by atoms with E-state index < -0.39 is 0 Å². The van der Waals surface area contributed by atoms with Crippen LogP contribution in [-0.2, 0) is 6.42 Å². The molecule has 2 rings (SSSR count). The Morgan fingerprint density at radius 1 is 1.16 bits per heavy atom. The second-order valence-electron chi connectivity index (χ2n) is 6.29. The Balaban J connectivity index is 1.77. The topological polar surface area (TPSA) is 12.0 Å². The zero-order valence-corrected chi connectivity index (χ0v) is 12.8. The fourth-order valence-corrected chi connectivity index (χ4v) is 3.07. The van der Waals surface area contributed by atoms with E-state index in [1.807, 2.05) is 0 Å². The largest absolute Gasteiger partial charge is 0.314 e. The average Bonchev–Trinajstić information content (AvgIpc) is 3.16. The molecule has 0 radical (unpaired) electrons. The van der Waals surface area contributed by atoms with Crippen molar-refractivity contribution in [1.82, 2.24) is 5.32 Å². The molecule has 1 aromatic rings. The molecule has 1 aliphatic carbocycles. The third kappa shape index (κ3) is 4.99. The van der Waals surface area contributed by atoms with Gasteiger partial charge in [-0.25, -0.2) is 0 Å². The van der Waals surface area contributed by atoms with Crippen molar-refractivity contribution in [3.05, 3.63) is 34.9 Å². The normalized spacial score (nSPS) is 16.6. The Morgan fingerprint density at radius 2 is 1.84 bits per heavy atom. The fraction of sp³-hybridized carbons (Fsp3) is 0.667. The summed E-state index contributed by atoms with van der Waals surface area (Å²) >= 11 is 0. The molecule has 106 valence electrons. The van der Waals surface area contributed by atoms with E-state index in [1.54, 1.807) is 0 Å². The zero-order chi connectivity index (χ0) is 13.7. The number of hydrogen-bond acceptors (Lipinski definition) is 1. The van der Waals surface area contributed by atoms with Gasteiger partial charge in [0.05, 0.1) is 0 Å². The molecule has 0 heterocycles. The second kappa shape index (κ2) is 7.09. The van der Waals surface area contributed by atoms with Crippen molar-refractivity contribution in [1.29, 1.82) is 0 Å². The Hall–Kier alpha value is -0.820. The molecule has 1 heteroatoms. The van der Waals surface area contributed by atoms with Gasteiger partial charge in [0.25, 0.3) is 0 Å². The maximum atomic E-state index is 3.74. The quantitative estimate of drug-likeness (QED) is 0.729. The van der Waals surface area contributed by atoms with Gasteiger partial charge in [-0.3, -0.25) is 0 Å². The van der Waals surface area contributed by atoms with Gasteiger partial charge < -0.3 is 5.32 Å². The lowest BCUT2D eigenvalue weighted by Gasteiger charge is -2.18. The fourth-order valence-electron chi connectivity index (χ4n) is 3.07. The molecule has 1 saturated carbocycles. The first-order valence-electron chi connectivity index (χ1n) is 7.99. The van der Waals surface area contributed by atoms with Crippen LogP contribution in [0.2, 0.25) is 0 Å². The van der Waals surface area contributed by atoms with Gasteiger partial charge in [0.15, 0.2) is 0 Å². The summed E-state index contributed by atoms with van der Waals surface area (Å²) in [6, 6.07) is 7.74. The molecular formula is C18H29N. The van der Waals surface area contributed by atoms with Crippen LogP contribution < -0.4 is 5.32 Å². The van der Waals surface area contributed by atoms with Crippen molar-refractivity contribution in [3.8, 4) is 0 Å². The summed E-state index contributed by atoms with van der Waals surface area (Å²) < 4.78 is 0. The third-order valence-corrected chi connectivity index (χ3v) is 4.11. The molecule has 0 spiro atoms. The highest BCUT2D eigenvalue weighted by Crippen LogP contribution is 2.34. The Morgan fingerprint density at radius 3 is 2.42 bits per heavy atom. The van der Waals surface area contributed by atoms with E-state index in [2.05, 4.69) is 44.3 Å². The van der Waals surface area contributed by atoms with Crippen LogP contribution >= 0.6 is 0 Å². The monoisotopic (exact) mass is 259 g/mol. The maximum Gasteiger partial charge on any atom is 0.00954 e. The Bertz CT molecular complexity index is 372.